The minimum Gasteiger partial charge on any atom is -0.383 e. The zero-order chi connectivity index (χ0) is 35.1. The Balaban J connectivity index is 1.29. The summed E-state index contributed by atoms with van der Waals surface area (Å²) < 4.78 is 6.82. The highest BCUT2D eigenvalue weighted by molar-refractivity contribution is 6.00. The van der Waals surface area contributed by atoms with E-state index in [1.165, 1.54) is 6.92 Å². The van der Waals surface area contributed by atoms with Gasteiger partial charge in [-0.05, 0) is 47.9 Å². The maximum Gasteiger partial charge on any atom is 0.267 e. The van der Waals surface area contributed by atoms with E-state index in [0.717, 1.165) is 11.3 Å². The van der Waals surface area contributed by atoms with Gasteiger partial charge in [-0.25, -0.2) is 0 Å². The first-order valence-electron chi connectivity index (χ1n) is 16.0. The first kappa shape index (κ1) is 35.6. The van der Waals surface area contributed by atoms with Gasteiger partial charge in [0.05, 0.1) is 22.8 Å². The number of Topliss-reactive ketones (excluding diaryl/α,β-unsaturated/α-hetero) is 5. The minimum absolute atomic E-state index is 0.0163. The third-order valence-corrected chi connectivity index (χ3v) is 8.23. The number of nitrogens with one attached hydrogen (secondary N) is 2. The SMILES string of the molecule is CCC(=O)c1cc(CC(=O)CCNC(=O)c2cc(CC(=O)c3cc(CC(=O)c4cc(NCCC(C)=O)cn4C)cn3C)cn2C)cn1C. The smallest absolute Gasteiger partial charge is 0.267 e. The lowest BCUT2D eigenvalue weighted by molar-refractivity contribution is -0.118. The van der Waals surface area contributed by atoms with Crippen LogP contribution in [0.3, 0.4) is 0 Å². The lowest BCUT2D eigenvalue weighted by Gasteiger charge is -2.05. The van der Waals surface area contributed by atoms with E-state index >= 15 is 0 Å². The Labute approximate surface area is 280 Å². The zero-order valence-electron chi connectivity index (χ0n) is 28.5. The number of hydrogen-bond donors (Lipinski definition) is 2. The Hall–Kier alpha value is -5.26. The summed E-state index contributed by atoms with van der Waals surface area (Å²) in [5.41, 5.74) is 4.82. The van der Waals surface area contributed by atoms with E-state index in [0.29, 0.717) is 53.3 Å². The van der Waals surface area contributed by atoms with Crippen molar-refractivity contribution in [2.45, 2.75) is 52.4 Å². The van der Waals surface area contributed by atoms with Crippen molar-refractivity contribution in [3.05, 3.63) is 88.5 Å². The number of rotatable bonds is 18. The molecular formula is C36H44N6O6. The molecule has 0 aliphatic carbocycles. The quantitative estimate of drug-likeness (QED) is 0.155. The van der Waals surface area contributed by atoms with Gasteiger partial charge in [-0.3, -0.25) is 28.8 Å². The van der Waals surface area contributed by atoms with E-state index in [9.17, 15) is 28.8 Å². The number of aryl methyl sites for hydroxylation is 4. The van der Waals surface area contributed by atoms with Gasteiger partial charge in [-0.2, -0.15) is 0 Å². The van der Waals surface area contributed by atoms with Crippen molar-refractivity contribution in [1.82, 2.24) is 23.6 Å². The Morgan fingerprint density at radius 1 is 0.583 bits per heavy atom. The standard InChI is InChI=1S/C36H44N6O6/c1-7-33(45)29-13-24(19-39(29)3)12-28(44)9-11-38-36(48)32-15-26(21-41(32)5)17-34(46)30-14-25(20-40(30)4)16-35(47)31-18-27(22-42(31)6)37-10-8-23(2)43/h13-15,18-22,37H,7-12,16-17H2,1-6H3,(H,38,48). The second-order valence-electron chi connectivity index (χ2n) is 12.3. The maximum absolute atomic E-state index is 13.3. The highest BCUT2D eigenvalue weighted by atomic mass is 16.2. The summed E-state index contributed by atoms with van der Waals surface area (Å²) in [6.45, 7) is 3.99. The molecule has 1 amide bonds. The predicted octanol–water partition coefficient (Wildman–Crippen LogP) is 3.81. The van der Waals surface area contributed by atoms with Crippen LogP contribution in [0.25, 0.3) is 0 Å². The van der Waals surface area contributed by atoms with Crippen molar-refractivity contribution in [2.24, 2.45) is 28.2 Å². The van der Waals surface area contributed by atoms with Crippen molar-refractivity contribution in [3.8, 4) is 0 Å². The van der Waals surface area contributed by atoms with Crippen LogP contribution in [0.1, 0.15) is 91.8 Å². The molecule has 0 saturated heterocycles. The molecule has 4 rings (SSSR count). The monoisotopic (exact) mass is 656 g/mol. The molecule has 0 aliphatic heterocycles. The fourth-order valence-corrected chi connectivity index (χ4v) is 5.75. The van der Waals surface area contributed by atoms with Crippen molar-refractivity contribution >= 4 is 40.5 Å². The summed E-state index contributed by atoms with van der Waals surface area (Å²) in [7, 11) is 7.05. The van der Waals surface area contributed by atoms with Gasteiger partial charge < -0.3 is 28.9 Å². The molecule has 12 nitrogen and oxygen atoms in total. The molecule has 12 heteroatoms. The summed E-state index contributed by atoms with van der Waals surface area (Å²) >= 11 is 0. The number of anilines is 1. The molecule has 0 saturated carbocycles. The third-order valence-electron chi connectivity index (χ3n) is 8.23. The van der Waals surface area contributed by atoms with Gasteiger partial charge in [0, 0.05) is 105 Å². The Morgan fingerprint density at radius 3 is 1.62 bits per heavy atom. The number of amides is 1. The first-order chi connectivity index (χ1) is 22.7. The van der Waals surface area contributed by atoms with E-state index in [4.69, 9.17) is 0 Å². The van der Waals surface area contributed by atoms with Gasteiger partial charge in [-0.1, -0.05) is 6.92 Å². The molecule has 2 N–H and O–H groups in total. The van der Waals surface area contributed by atoms with Gasteiger partial charge in [0.25, 0.3) is 5.91 Å². The van der Waals surface area contributed by atoms with Crippen molar-refractivity contribution < 1.29 is 28.8 Å². The average molecular weight is 657 g/mol. The van der Waals surface area contributed by atoms with E-state index in [1.807, 2.05) is 0 Å². The zero-order valence-corrected chi connectivity index (χ0v) is 28.5. The number of nitrogens with zero attached hydrogens (tertiary/aromatic N) is 4. The van der Waals surface area contributed by atoms with Gasteiger partial charge in [0.15, 0.2) is 17.3 Å². The molecule has 0 aromatic carbocycles. The summed E-state index contributed by atoms with van der Waals surface area (Å²) in [5.74, 6) is -0.547. The van der Waals surface area contributed by atoms with E-state index in [1.54, 1.807) is 102 Å². The minimum atomic E-state index is -0.350. The van der Waals surface area contributed by atoms with Crippen LogP contribution in [0.4, 0.5) is 5.69 Å². The molecular weight excluding hydrogens is 612 g/mol. The van der Waals surface area contributed by atoms with Gasteiger partial charge in [-0.15, -0.1) is 0 Å². The van der Waals surface area contributed by atoms with Crippen molar-refractivity contribution in [1.29, 1.82) is 0 Å². The highest BCUT2D eigenvalue weighted by Crippen LogP contribution is 2.19. The lowest BCUT2D eigenvalue weighted by atomic mass is 10.1. The molecule has 0 unspecified atom stereocenters. The summed E-state index contributed by atoms with van der Waals surface area (Å²) in [6, 6.07) is 6.89. The molecule has 4 aromatic heterocycles. The molecule has 0 aliphatic rings. The molecule has 4 aromatic rings. The van der Waals surface area contributed by atoms with Crippen LogP contribution in [0, 0.1) is 0 Å². The molecule has 48 heavy (non-hydrogen) atoms. The first-order valence-corrected chi connectivity index (χ1v) is 16.0. The van der Waals surface area contributed by atoms with Crippen molar-refractivity contribution in [2.75, 3.05) is 18.4 Å². The van der Waals surface area contributed by atoms with Gasteiger partial charge in [0.2, 0.25) is 0 Å². The van der Waals surface area contributed by atoms with Crippen LogP contribution in [0.5, 0.6) is 0 Å². The molecule has 0 radical (unpaired) electrons. The normalized spacial score (nSPS) is 11.0. The summed E-state index contributed by atoms with van der Waals surface area (Å²) in [6.07, 6.45) is 8.39. The van der Waals surface area contributed by atoms with Crippen LogP contribution < -0.4 is 10.6 Å². The average Bonchev–Trinajstić information content (AvgIpc) is 3.77. The Kier molecular flexibility index (Phi) is 11.5. The predicted molar refractivity (Wildman–Crippen MR) is 182 cm³/mol. The van der Waals surface area contributed by atoms with Crippen LogP contribution in [-0.2, 0) is 57.0 Å². The molecule has 0 fully saturated rings. The second kappa shape index (κ2) is 15.6. The summed E-state index contributed by atoms with van der Waals surface area (Å²) in [4.78, 5) is 75.0. The number of carbonyl (C=O) groups excluding carboxylic acids is 6. The van der Waals surface area contributed by atoms with Gasteiger partial charge >= 0.3 is 0 Å². The van der Waals surface area contributed by atoms with Crippen LogP contribution in [0.2, 0.25) is 0 Å². The van der Waals surface area contributed by atoms with E-state index in [2.05, 4.69) is 10.6 Å². The largest absolute Gasteiger partial charge is 0.383 e. The van der Waals surface area contributed by atoms with Crippen LogP contribution in [0.15, 0.2) is 49.1 Å². The fraction of sp³-hybridized carbons (Fsp3) is 0.389. The second-order valence-corrected chi connectivity index (χ2v) is 12.3. The third kappa shape index (κ3) is 8.96. The Bertz CT molecular complexity index is 1870. The highest BCUT2D eigenvalue weighted by Gasteiger charge is 2.20. The fourth-order valence-electron chi connectivity index (χ4n) is 5.75. The number of carbonyl (C=O) groups is 6. The summed E-state index contributed by atoms with van der Waals surface area (Å²) in [5, 5.41) is 5.94. The van der Waals surface area contributed by atoms with Crippen molar-refractivity contribution in [3.63, 3.8) is 0 Å². The Morgan fingerprint density at radius 2 is 1.06 bits per heavy atom. The molecule has 0 bridgehead atoms. The lowest BCUT2D eigenvalue weighted by Crippen LogP contribution is -2.27. The molecule has 0 atom stereocenters. The molecule has 0 spiro atoms. The van der Waals surface area contributed by atoms with Gasteiger partial charge in [0.1, 0.15) is 17.3 Å². The van der Waals surface area contributed by atoms with E-state index in [-0.39, 0.29) is 67.1 Å². The van der Waals surface area contributed by atoms with Crippen LogP contribution in [-0.4, -0.2) is 66.2 Å². The number of aromatic nitrogens is 4. The number of hydrogen-bond acceptors (Lipinski definition) is 7. The van der Waals surface area contributed by atoms with E-state index < -0.39 is 0 Å². The van der Waals surface area contributed by atoms with Crippen LogP contribution >= 0.6 is 0 Å². The topological polar surface area (TPSA) is 146 Å². The number of ketones is 5. The molecule has 4 heterocycles. The molecule has 254 valence electrons. The maximum atomic E-state index is 13.3.